The highest BCUT2D eigenvalue weighted by Gasteiger charge is 2.05. The molecule has 2 aromatic heterocycles. The third-order valence-electron chi connectivity index (χ3n) is 4.40. The third-order valence-corrected chi connectivity index (χ3v) is 6.10. The van der Waals surface area contributed by atoms with Gasteiger partial charge < -0.3 is 15.2 Å². The predicted molar refractivity (Wildman–Crippen MR) is 116 cm³/mol. The van der Waals surface area contributed by atoms with Crippen molar-refractivity contribution in [1.29, 1.82) is 0 Å². The molecule has 2 heterocycles. The summed E-state index contributed by atoms with van der Waals surface area (Å²) in [5.74, 6) is 0. The van der Waals surface area contributed by atoms with Gasteiger partial charge in [-0.05, 0) is 45.3 Å². The van der Waals surface area contributed by atoms with Crippen LogP contribution in [0, 0.1) is 0 Å². The van der Waals surface area contributed by atoms with Crippen molar-refractivity contribution in [2.45, 2.75) is 19.6 Å². The number of carbonyl (C=O) groups excluding carboxylic acids is 1. The van der Waals surface area contributed by atoms with Crippen LogP contribution in [0.1, 0.15) is 16.0 Å². The minimum Gasteiger partial charge on any atom is -0.334 e. The van der Waals surface area contributed by atoms with Gasteiger partial charge in [-0.25, -0.2) is 9.78 Å². The Kier molecular flexibility index (Phi) is 5.73. The van der Waals surface area contributed by atoms with E-state index in [9.17, 15) is 4.79 Å². The van der Waals surface area contributed by atoms with E-state index in [1.807, 2.05) is 48.1 Å². The average molecular weight is 455 g/mol. The normalized spacial score (nSPS) is 10.9. The Bertz CT molecular complexity index is 1090. The topological polar surface area (TPSA) is 59.0 Å². The van der Waals surface area contributed by atoms with Crippen molar-refractivity contribution in [3.63, 3.8) is 0 Å². The number of imidazole rings is 1. The Morgan fingerprint density at radius 3 is 2.57 bits per heavy atom. The highest BCUT2D eigenvalue weighted by Crippen LogP contribution is 2.19. The number of para-hydroxylation sites is 2. The zero-order valence-corrected chi connectivity index (χ0v) is 17.5. The number of urea groups is 1. The van der Waals surface area contributed by atoms with Gasteiger partial charge in [0.15, 0.2) is 0 Å². The summed E-state index contributed by atoms with van der Waals surface area (Å²) in [5, 5.41) is 7.77. The number of amides is 2. The molecule has 142 valence electrons. The van der Waals surface area contributed by atoms with Gasteiger partial charge in [-0.2, -0.15) is 0 Å². The number of rotatable bonds is 6. The van der Waals surface area contributed by atoms with Crippen LogP contribution in [0.2, 0.25) is 0 Å². The molecule has 0 aliphatic carbocycles. The van der Waals surface area contributed by atoms with E-state index in [4.69, 9.17) is 0 Å². The lowest BCUT2D eigenvalue weighted by molar-refractivity contribution is 0.240. The molecule has 0 aliphatic heterocycles. The maximum Gasteiger partial charge on any atom is 0.315 e. The molecule has 0 bridgehead atoms. The largest absolute Gasteiger partial charge is 0.334 e. The fourth-order valence-corrected chi connectivity index (χ4v) is 4.34. The number of carbonyl (C=O) groups is 1. The van der Waals surface area contributed by atoms with Gasteiger partial charge in [0.05, 0.1) is 23.9 Å². The van der Waals surface area contributed by atoms with Crippen LogP contribution < -0.4 is 10.6 Å². The average Bonchev–Trinajstić information content (AvgIpc) is 3.32. The third kappa shape index (κ3) is 4.61. The molecule has 0 radical (unpaired) electrons. The Labute approximate surface area is 175 Å². The molecule has 0 aliphatic rings. The molecule has 0 spiro atoms. The molecular weight excluding hydrogens is 436 g/mol. The van der Waals surface area contributed by atoms with Crippen molar-refractivity contribution in [2.24, 2.45) is 0 Å². The van der Waals surface area contributed by atoms with E-state index < -0.39 is 0 Å². The Morgan fingerprint density at radius 2 is 1.79 bits per heavy atom. The number of halogens is 1. The monoisotopic (exact) mass is 454 g/mol. The van der Waals surface area contributed by atoms with Crippen LogP contribution in [-0.4, -0.2) is 15.6 Å². The van der Waals surface area contributed by atoms with Crippen LogP contribution in [0.4, 0.5) is 4.79 Å². The zero-order chi connectivity index (χ0) is 19.3. The highest BCUT2D eigenvalue weighted by atomic mass is 79.9. The van der Waals surface area contributed by atoms with Crippen molar-refractivity contribution in [1.82, 2.24) is 20.2 Å². The second kappa shape index (κ2) is 8.58. The highest BCUT2D eigenvalue weighted by molar-refractivity contribution is 9.10. The summed E-state index contributed by atoms with van der Waals surface area (Å²) in [7, 11) is 0. The van der Waals surface area contributed by atoms with E-state index in [1.165, 1.54) is 5.56 Å². The molecule has 2 aromatic carbocycles. The first-order valence-corrected chi connectivity index (χ1v) is 10.6. The van der Waals surface area contributed by atoms with Crippen LogP contribution in [-0.2, 0) is 19.6 Å². The number of fused-ring (bicyclic) bond motifs is 1. The lowest BCUT2D eigenvalue weighted by atomic mass is 10.1. The van der Waals surface area contributed by atoms with Crippen LogP contribution in [0.25, 0.3) is 11.0 Å². The molecule has 28 heavy (non-hydrogen) atoms. The van der Waals surface area contributed by atoms with Gasteiger partial charge >= 0.3 is 6.03 Å². The summed E-state index contributed by atoms with van der Waals surface area (Å²) in [5.41, 5.74) is 4.39. The molecule has 0 unspecified atom stereocenters. The zero-order valence-electron chi connectivity index (χ0n) is 15.1. The van der Waals surface area contributed by atoms with Crippen LogP contribution >= 0.6 is 27.3 Å². The first-order valence-electron chi connectivity index (χ1n) is 8.90. The molecule has 0 atom stereocenters. The van der Waals surface area contributed by atoms with Crippen LogP contribution in [0.5, 0.6) is 0 Å². The van der Waals surface area contributed by atoms with Crippen LogP contribution in [0.3, 0.4) is 0 Å². The van der Waals surface area contributed by atoms with Crippen LogP contribution in [0.15, 0.2) is 70.8 Å². The fraction of sp³-hybridized carbons (Fsp3) is 0.143. The molecule has 0 saturated heterocycles. The fourth-order valence-electron chi connectivity index (χ4n) is 2.95. The van der Waals surface area contributed by atoms with E-state index in [0.29, 0.717) is 13.1 Å². The number of hydrogen-bond donors (Lipinski definition) is 2. The molecule has 2 amide bonds. The van der Waals surface area contributed by atoms with Gasteiger partial charge in [-0.1, -0.05) is 36.4 Å². The Morgan fingerprint density at radius 1 is 1.04 bits per heavy atom. The number of nitrogens with zero attached hydrogens (tertiary/aromatic N) is 2. The van der Waals surface area contributed by atoms with Crippen molar-refractivity contribution < 1.29 is 4.79 Å². The predicted octanol–water partition coefficient (Wildman–Crippen LogP) is 4.91. The van der Waals surface area contributed by atoms with Crippen molar-refractivity contribution in [3.05, 3.63) is 86.8 Å². The van der Waals surface area contributed by atoms with E-state index >= 15 is 0 Å². The first-order chi connectivity index (χ1) is 13.7. The quantitative estimate of drug-likeness (QED) is 0.434. The van der Waals surface area contributed by atoms with Gasteiger partial charge in [0.1, 0.15) is 0 Å². The van der Waals surface area contributed by atoms with Gasteiger partial charge in [-0.15, -0.1) is 11.3 Å². The summed E-state index contributed by atoms with van der Waals surface area (Å²) < 4.78 is 3.18. The summed E-state index contributed by atoms with van der Waals surface area (Å²) in [6, 6.07) is 18.2. The molecule has 7 heteroatoms. The first kappa shape index (κ1) is 18.7. The van der Waals surface area contributed by atoms with Crippen molar-refractivity contribution >= 4 is 44.3 Å². The Balaban J connectivity index is 1.29. The number of nitrogens with one attached hydrogen (secondary N) is 2. The lowest BCUT2D eigenvalue weighted by Gasteiger charge is -2.08. The molecule has 2 N–H and O–H groups in total. The molecule has 0 saturated carbocycles. The molecular formula is C21H19BrN4OS. The van der Waals surface area contributed by atoms with Gasteiger partial charge in [-0.3, -0.25) is 0 Å². The van der Waals surface area contributed by atoms with Gasteiger partial charge in [0.2, 0.25) is 0 Å². The van der Waals surface area contributed by atoms with Crippen molar-refractivity contribution in [2.75, 3.05) is 0 Å². The lowest BCUT2D eigenvalue weighted by Crippen LogP contribution is -2.34. The molecule has 0 fully saturated rings. The second-order valence-electron chi connectivity index (χ2n) is 6.45. The number of hydrogen-bond acceptors (Lipinski definition) is 3. The van der Waals surface area contributed by atoms with E-state index in [2.05, 4.69) is 54.3 Å². The minimum absolute atomic E-state index is 0.168. The van der Waals surface area contributed by atoms with E-state index in [0.717, 1.165) is 32.5 Å². The summed E-state index contributed by atoms with van der Waals surface area (Å²) in [6.07, 6.45) is 1.87. The molecule has 5 nitrogen and oxygen atoms in total. The summed E-state index contributed by atoms with van der Waals surface area (Å²) in [4.78, 5) is 17.5. The van der Waals surface area contributed by atoms with Gasteiger partial charge in [0.25, 0.3) is 0 Å². The maximum absolute atomic E-state index is 12.0. The number of aromatic nitrogens is 2. The minimum atomic E-state index is -0.168. The molecule has 4 rings (SSSR count). The van der Waals surface area contributed by atoms with E-state index in [-0.39, 0.29) is 6.03 Å². The Hall–Kier alpha value is -2.64. The van der Waals surface area contributed by atoms with Crippen molar-refractivity contribution in [3.8, 4) is 0 Å². The van der Waals surface area contributed by atoms with E-state index in [1.54, 1.807) is 11.3 Å². The standard InChI is InChI=1S/C21H19BrN4OS/c22-17-9-18(28-13-17)11-24-21(27)23-10-15-5-7-16(8-6-15)12-26-14-25-19-3-1-2-4-20(19)26/h1-9,13-14H,10-12H2,(H2,23,24,27). The summed E-state index contributed by atoms with van der Waals surface area (Å²) >= 11 is 5.03. The smallest absolute Gasteiger partial charge is 0.315 e. The number of benzene rings is 2. The van der Waals surface area contributed by atoms with Gasteiger partial charge in [0, 0.05) is 27.8 Å². The SMILES string of the molecule is O=C(NCc1ccc(Cn2cnc3ccccc32)cc1)NCc1cc(Br)cs1. The summed E-state index contributed by atoms with van der Waals surface area (Å²) in [6.45, 7) is 1.79. The molecule has 4 aromatic rings. The second-order valence-corrected chi connectivity index (χ2v) is 8.36. The maximum atomic E-state index is 12.0. The number of thiophene rings is 1.